The van der Waals surface area contributed by atoms with Gasteiger partial charge in [-0.05, 0) is 47.5 Å². The van der Waals surface area contributed by atoms with Gasteiger partial charge in [-0.2, -0.15) is 5.26 Å². The van der Waals surface area contributed by atoms with Crippen LogP contribution in [0.25, 0.3) is 0 Å². The van der Waals surface area contributed by atoms with E-state index >= 15 is 0 Å². The van der Waals surface area contributed by atoms with E-state index in [1.165, 1.54) is 0 Å². The molecule has 76 valence electrons. The molecule has 0 amide bonds. The van der Waals surface area contributed by atoms with Crippen LogP contribution in [0.15, 0.2) is 0 Å². The fourth-order valence-electron chi connectivity index (χ4n) is 0.948. The van der Waals surface area contributed by atoms with E-state index in [0.29, 0.717) is 0 Å². The van der Waals surface area contributed by atoms with Gasteiger partial charge in [-0.25, -0.2) is 0 Å². The summed E-state index contributed by atoms with van der Waals surface area (Å²) in [5.41, 5.74) is -0.266. The van der Waals surface area contributed by atoms with Crippen molar-refractivity contribution in [2.24, 2.45) is 5.41 Å². The number of rotatable bonds is 4. The van der Waals surface area contributed by atoms with E-state index in [2.05, 4.69) is 6.07 Å². The van der Waals surface area contributed by atoms with Gasteiger partial charge >= 0.3 is 0 Å². The van der Waals surface area contributed by atoms with Gasteiger partial charge in [0.2, 0.25) is 0 Å². The Bertz CT molecular complexity index is 183. The molecular weight excluding hydrogens is 162 g/mol. The Morgan fingerprint density at radius 3 is 2.08 bits per heavy atom. The Balaban J connectivity index is 3.54. The summed E-state index contributed by atoms with van der Waals surface area (Å²) in [5, 5.41) is 8.76. The second-order valence-electron chi connectivity index (χ2n) is 5.06. The van der Waals surface area contributed by atoms with Crippen LogP contribution in [0.1, 0.15) is 47.5 Å². The molecule has 0 atom stereocenters. The summed E-state index contributed by atoms with van der Waals surface area (Å²) < 4.78 is 5.56. The minimum absolute atomic E-state index is 0.0587. The van der Waals surface area contributed by atoms with Crippen molar-refractivity contribution >= 4 is 0 Å². The van der Waals surface area contributed by atoms with Crippen molar-refractivity contribution in [1.82, 2.24) is 0 Å². The largest absolute Gasteiger partial charge is 0.376 e. The molecule has 0 saturated carbocycles. The summed E-state index contributed by atoms with van der Waals surface area (Å²) in [7, 11) is 0. The van der Waals surface area contributed by atoms with Crippen molar-refractivity contribution in [1.29, 1.82) is 5.26 Å². The maximum absolute atomic E-state index is 8.76. The highest BCUT2D eigenvalue weighted by Crippen LogP contribution is 2.21. The predicted molar refractivity (Wildman–Crippen MR) is 54.3 cm³/mol. The van der Waals surface area contributed by atoms with Crippen molar-refractivity contribution in [3.05, 3.63) is 0 Å². The molecule has 0 aromatic rings. The lowest BCUT2D eigenvalue weighted by atomic mass is 9.90. The van der Waals surface area contributed by atoms with Gasteiger partial charge in [0.25, 0.3) is 0 Å². The van der Waals surface area contributed by atoms with Crippen molar-refractivity contribution in [2.45, 2.75) is 53.1 Å². The van der Waals surface area contributed by atoms with Gasteiger partial charge in [0.1, 0.15) is 0 Å². The van der Waals surface area contributed by atoms with Crippen LogP contribution in [0, 0.1) is 16.7 Å². The molecule has 0 aliphatic heterocycles. The molecule has 2 nitrogen and oxygen atoms in total. The zero-order valence-electron chi connectivity index (χ0n) is 9.48. The molecule has 0 aromatic carbocycles. The molecule has 0 aromatic heterocycles. The molecule has 0 fully saturated rings. The van der Waals surface area contributed by atoms with E-state index in [0.717, 1.165) is 19.4 Å². The van der Waals surface area contributed by atoms with Crippen molar-refractivity contribution < 1.29 is 4.74 Å². The molecule has 0 radical (unpaired) electrons. The highest BCUT2D eigenvalue weighted by molar-refractivity contribution is 4.91. The Morgan fingerprint density at radius 1 is 1.15 bits per heavy atom. The lowest BCUT2D eigenvalue weighted by molar-refractivity contribution is -0.00649. The molecule has 2 heteroatoms. The van der Waals surface area contributed by atoms with Crippen LogP contribution in [0.5, 0.6) is 0 Å². The summed E-state index contributed by atoms with van der Waals surface area (Å²) in [6, 6.07) is 2.28. The fourth-order valence-corrected chi connectivity index (χ4v) is 0.948. The van der Waals surface area contributed by atoms with E-state index in [1.807, 2.05) is 34.6 Å². The standard InChI is InChI=1S/C11H21NO/c1-10(2,3)13-8-6-7-11(4,5)9-12/h6-8H2,1-5H3. The Hall–Kier alpha value is -0.550. The molecule has 0 saturated heterocycles. The monoisotopic (exact) mass is 183 g/mol. The fraction of sp³-hybridized carbons (Fsp3) is 0.909. The smallest absolute Gasteiger partial charge is 0.0683 e. The number of hydrogen-bond acceptors (Lipinski definition) is 2. The molecule has 0 bridgehead atoms. The summed E-state index contributed by atoms with van der Waals surface area (Å²) in [6.07, 6.45) is 1.86. The summed E-state index contributed by atoms with van der Waals surface area (Å²) in [5.74, 6) is 0. The number of nitrogens with zero attached hydrogens (tertiary/aromatic N) is 1. The van der Waals surface area contributed by atoms with Gasteiger partial charge in [0, 0.05) is 6.61 Å². The van der Waals surface area contributed by atoms with E-state index in [-0.39, 0.29) is 11.0 Å². The number of ether oxygens (including phenoxy) is 1. The van der Waals surface area contributed by atoms with Gasteiger partial charge in [-0.3, -0.25) is 0 Å². The summed E-state index contributed by atoms with van der Waals surface area (Å²) >= 11 is 0. The van der Waals surface area contributed by atoms with Crippen LogP contribution in [-0.2, 0) is 4.74 Å². The van der Waals surface area contributed by atoms with E-state index in [9.17, 15) is 0 Å². The van der Waals surface area contributed by atoms with Gasteiger partial charge in [-0.1, -0.05) is 0 Å². The normalized spacial score (nSPS) is 12.6. The SMILES string of the molecule is CC(C)(C#N)CCCOC(C)(C)C. The molecule has 0 rings (SSSR count). The third-order valence-corrected chi connectivity index (χ3v) is 1.78. The predicted octanol–water partition coefficient (Wildman–Crippen LogP) is 3.13. The van der Waals surface area contributed by atoms with Crippen molar-refractivity contribution in [3.8, 4) is 6.07 Å². The Kier molecular flexibility index (Phi) is 4.43. The molecule has 0 N–H and O–H groups in total. The van der Waals surface area contributed by atoms with Gasteiger partial charge in [0.15, 0.2) is 0 Å². The molecule has 0 aliphatic rings. The third-order valence-electron chi connectivity index (χ3n) is 1.78. The molecule has 0 spiro atoms. The van der Waals surface area contributed by atoms with Crippen LogP contribution < -0.4 is 0 Å². The van der Waals surface area contributed by atoms with Crippen LogP contribution in [0.2, 0.25) is 0 Å². The summed E-state index contributed by atoms with van der Waals surface area (Å²) in [4.78, 5) is 0. The minimum Gasteiger partial charge on any atom is -0.376 e. The lowest BCUT2D eigenvalue weighted by Crippen LogP contribution is -2.20. The van der Waals surface area contributed by atoms with Gasteiger partial charge in [-0.15, -0.1) is 0 Å². The van der Waals surface area contributed by atoms with Crippen LogP contribution in [0.4, 0.5) is 0 Å². The van der Waals surface area contributed by atoms with Crippen LogP contribution in [0.3, 0.4) is 0 Å². The second kappa shape index (κ2) is 4.62. The molecule has 0 unspecified atom stereocenters. The zero-order chi connectivity index (χ0) is 10.5. The van der Waals surface area contributed by atoms with E-state index < -0.39 is 0 Å². The van der Waals surface area contributed by atoms with Crippen LogP contribution in [-0.4, -0.2) is 12.2 Å². The maximum Gasteiger partial charge on any atom is 0.0683 e. The third kappa shape index (κ3) is 7.80. The average molecular weight is 183 g/mol. The Labute approximate surface area is 81.9 Å². The highest BCUT2D eigenvalue weighted by atomic mass is 16.5. The number of nitriles is 1. The van der Waals surface area contributed by atoms with E-state index in [4.69, 9.17) is 10.00 Å². The van der Waals surface area contributed by atoms with Gasteiger partial charge in [0.05, 0.1) is 17.1 Å². The van der Waals surface area contributed by atoms with Gasteiger partial charge < -0.3 is 4.74 Å². The average Bonchev–Trinajstić information content (AvgIpc) is 1.97. The van der Waals surface area contributed by atoms with Crippen molar-refractivity contribution in [3.63, 3.8) is 0 Å². The first-order chi connectivity index (χ1) is 5.77. The highest BCUT2D eigenvalue weighted by Gasteiger charge is 2.16. The first kappa shape index (κ1) is 12.4. The number of hydrogen-bond donors (Lipinski definition) is 0. The minimum atomic E-state index is -0.207. The summed E-state index contributed by atoms with van der Waals surface area (Å²) in [6.45, 7) is 10.8. The van der Waals surface area contributed by atoms with Crippen molar-refractivity contribution in [2.75, 3.05) is 6.61 Å². The second-order valence-corrected chi connectivity index (χ2v) is 5.06. The lowest BCUT2D eigenvalue weighted by Gasteiger charge is -2.21. The first-order valence-corrected chi connectivity index (χ1v) is 4.82. The Morgan fingerprint density at radius 2 is 1.69 bits per heavy atom. The molecule has 0 aliphatic carbocycles. The van der Waals surface area contributed by atoms with Crippen LogP contribution >= 0.6 is 0 Å². The quantitative estimate of drug-likeness (QED) is 0.627. The topological polar surface area (TPSA) is 33.0 Å². The molecule has 13 heavy (non-hydrogen) atoms. The van der Waals surface area contributed by atoms with E-state index in [1.54, 1.807) is 0 Å². The first-order valence-electron chi connectivity index (χ1n) is 4.82. The zero-order valence-corrected chi connectivity index (χ0v) is 9.48. The maximum atomic E-state index is 8.76. The molecular formula is C11H21NO. The molecule has 0 heterocycles.